The molecule has 0 amide bonds. The zero-order valence-corrected chi connectivity index (χ0v) is 8.41. The van der Waals surface area contributed by atoms with Gasteiger partial charge in [0.2, 0.25) is 0 Å². The molecule has 2 aliphatic rings. The molecule has 1 spiro atoms. The second kappa shape index (κ2) is 3.21. The Labute approximate surface area is 83.2 Å². The fourth-order valence-electron chi connectivity index (χ4n) is 2.45. The molecular formula is C10H16O4. The molecule has 0 bridgehead atoms. The third-order valence-corrected chi connectivity index (χ3v) is 3.28. The molecule has 1 aliphatic heterocycles. The van der Waals surface area contributed by atoms with Gasteiger partial charge in [0.15, 0.2) is 5.79 Å². The number of ether oxygens (including phenoxy) is 2. The fourth-order valence-corrected chi connectivity index (χ4v) is 2.45. The van der Waals surface area contributed by atoms with Gasteiger partial charge < -0.3 is 14.6 Å². The minimum absolute atomic E-state index is 0.481. The quantitative estimate of drug-likeness (QED) is 0.695. The molecule has 80 valence electrons. The first kappa shape index (κ1) is 9.93. The van der Waals surface area contributed by atoms with Gasteiger partial charge in [-0.3, -0.25) is 4.79 Å². The Kier molecular flexibility index (Phi) is 2.27. The van der Waals surface area contributed by atoms with Gasteiger partial charge in [-0.1, -0.05) is 0 Å². The molecule has 0 aromatic heterocycles. The first-order chi connectivity index (χ1) is 6.56. The summed E-state index contributed by atoms with van der Waals surface area (Å²) in [4.78, 5) is 11.1. The zero-order chi connectivity index (χ0) is 10.2. The van der Waals surface area contributed by atoms with Crippen molar-refractivity contribution in [3.8, 4) is 0 Å². The molecule has 2 fully saturated rings. The summed E-state index contributed by atoms with van der Waals surface area (Å²) in [6.07, 6.45) is 2.89. The summed E-state index contributed by atoms with van der Waals surface area (Å²) in [5, 5.41) is 9.13. The Bertz CT molecular complexity index is 245. The highest BCUT2D eigenvalue weighted by Crippen LogP contribution is 2.45. The number of hydrogen-bond donors (Lipinski definition) is 1. The molecule has 1 saturated carbocycles. The summed E-state index contributed by atoms with van der Waals surface area (Å²) >= 11 is 0. The van der Waals surface area contributed by atoms with E-state index in [2.05, 4.69) is 0 Å². The molecule has 2 rings (SSSR count). The van der Waals surface area contributed by atoms with Crippen LogP contribution in [0.4, 0.5) is 0 Å². The van der Waals surface area contributed by atoms with E-state index in [4.69, 9.17) is 14.6 Å². The lowest BCUT2D eigenvalue weighted by molar-refractivity contribution is -0.207. The number of carbonyl (C=O) groups is 1. The van der Waals surface area contributed by atoms with Crippen molar-refractivity contribution < 1.29 is 19.4 Å². The topological polar surface area (TPSA) is 55.8 Å². The summed E-state index contributed by atoms with van der Waals surface area (Å²) in [5.41, 5.74) is -0.678. The van der Waals surface area contributed by atoms with Crippen molar-refractivity contribution in [1.82, 2.24) is 0 Å². The summed E-state index contributed by atoms with van der Waals surface area (Å²) in [7, 11) is 0. The van der Waals surface area contributed by atoms with E-state index >= 15 is 0 Å². The predicted octanol–water partition coefficient (Wildman–Crippen LogP) is 1.39. The van der Waals surface area contributed by atoms with E-state index in [-0.39, 0.29) is 0 Å². The average Bonchev–Trinajstić information content (AvgIpc) is 2.53. The van der Waals surface area contributed by atoms with Crippen LogP contribution in [-0.4, -0.2) is 30.1 Å². The number of rotatable bonds is 1. The molecule has 1 heterocycles. The first-order valence-corrected chi connectivity index (χ1v) is 5.08. The van der Waals surface area contributed by atoms with Crippen LogP contribution in [0.2, 0.25) is 0 Å². The van der Waals surface area contributed by atoms with Crippen LogP contribution < -0.4 is 0 Å². The number of carboxylic acid groups (broad SMARTS) is 1. The average molecular weight is 200 g/mol. The molecule has 1 aliphatic carbocycles. The van der Waals surface area contributed by atoms with Crippen LogP contribution in [-0.2, 0) is 14.3 Å². The Balaban J connectivity index is 2.14. The van der Waals surface area contributed by atoms with E-state index < -0.39 is 17.2 Å². The van der Waals surface area contributed by atoms with Gasteiger partial charge in [-0.15, -0.1) is 0 Å². The Morgan fingerprint density at radius 2 is 1.93 bits per heavy atom. The maximum Gasteiger partial charge on any atom is 0.309 e. The van der Waals surface area contributed by atoms with Gasteiger partial charge in [0, 0.05) is 12.8 Å². The lowest BCUT2D eigenvalue weighted by atomic mass is 9.73. The number of carboxylic acids is 1. The number of aliphatic carboxylic acids is 1. The molecule has 4 heteroatoms. The molecule has 0 radical (unpaired) electrons. The lowest BCUT2D eigenvalue weighted by Gasteiger charge is -2.40. The SMILES string of the molecule is CC1(C(=O)O)CCCC2(C1)OCCO2. The molecule has 14 heavy (non-hydrogen) atoms. The van der Waals surface area contributed by atoms with Crippen LogP contribution in [0.5, 0.6) is 0 Å². The fraction of sp³-hybridized carbons (Fsp3) is 0.900. The van der Waals surface area contributed by atoms with Gasteiger partial charge in [0.05, 0.1) is 18.6 Å². The highest BCUT2D eigenvalue weighted by molar-refractivity contribution is 5.74. The molecule has 1 saturated heterocycles. The van der Waals surface area contributed by atoms with Crippen molar-refractivity contribution >= 4 is 5.97 Å². The summed E-state index contributed by atoms with van der Waals surface area (Å²) < 4.78 is 11.1. The molecular weight excluding hydrogens is 184 g/mol. The third kappa shape index (κ3) is 1.53. The van der Waals surface area contributed by atoms with E-state index in [0.717, 1.165) is 19.3 Å². The minimum Gasteiger partial charge on any atom is -0.481 e. The minimum atomic E-state index is -0.740. The summed E-state index contributed by atoms with van der Waals surface area (Å²) in [6, 6.07) is 0. The van der Waals surface area contributed by atoms with Crippen LogP contribution in [0.15, 0.2) is 0 Å². The van der Waals surface area contributed by atoms with Crippen molar-refractivity contribution in [3.63, 3.8) is 0 Å². The Hall–Kier alpha value is -0.610. The van der Waals surface area contributed by atoms with E-state index in [9.17, 15) is 4.79 Å². The van der Waals surface area contributed by atoms with Crippen molar-refractivity contribution in [2.45, 2.75) is 38.4 Å². The summed E-state index contributed by atoms with van der Waals surface area (Å²) in [5.74, 6) is -1.33. The van der Waals surface area contributed by atoms with Gasteiger partial charge >= 0.3 is 5.97 Å². The largest absolute Gasteiger partial charge is 0.481 e. The molecule has 1 unspecified atom stereocenters. The van der Waals surface area contributed by atoms with E-state index in [1.807, 2.05) is 0 Å². The summed E-state index contributed by atoms with van der Waals surface area (Å²) in [6.45, 7) is 2.96. The van der Waals surface area contributed by atoms with E-state index in [1.54, 1.807) is 6.92 Å². The van der Waals surface area contributed by atoms with Crippen molar-refractivity contribution in [3.05, 3.63) is 0 Å². The highest BCUT2D eigenvalue weighted by Gasteiger charge is 2.49. The van der Waals surface area contributed by atoms with Crippen molar-refractivity contribution in [1.29, 1.82) is 0 Å². The van der Waals surface area contributed by atoms with Gasteiger partial charge in [0.1, 0.15) is 0 Å². The van der Waals surface area contributed by atoms with Gasteiger partial charge in [-0.05, 0) is 19.8 Å². The molecule has 0 aromatic carbocycles. The van der Waals surface area contributed by atoms with Crippen LogP contribution in [0.1, 0.15) is 32.6 Å². The van der Waals surface area contributed by atoms with Crippen molar-refractivity contribution in [2.24, 2.45) is 5.41 Å². The maximum absolute atomic E-state index is 11.1. The van der Waals surface area contributed by atoms with Crippen LogP contribution in [0, 0.1) is 5.41 Å². The second-order valence-electron chi connectivity index (χ2n) is 4.50. The molecule has 0 aromatic rings. The van der Waals surface area contributed by atoms with Gasteiger partial charge in [-0.2, -0.15) is 0 Å². The standard InChI is InChI=1S/C10H16O4/c1-9(8(11)12)3-2-4-10(7-9)13-5-6-14-10/h2-7H2,1H3,(H,11,12). The number of hydrogen-bond acceptors (Lipinski definition) is 3. The van der Waals surface area contributed by atoms with Gasteiger partial charge in [0.25, 0.3) is 0 Å². The van der Waals surface area contributed by atoms with Gasteiger partial charge in [-0.25, -0.2) is 0 Å². The maximum atomic E-state index is 11.1. The van der Waals surface area contributed by atoms with Crippen molar-refractivity contribution in [2.75, 3.05) is 13.2 Å². The normalized spacial score (nSPS) is 36.1. The highest BCUT2D eigenvalue weighted by atomic mass is 16.7. The Morgan fingerprint density at radius 1 is 1.29 bits per heavy atom. The van der Waals surface area contributed by atoms with Crippen LogP contribution in [0.25, 0.3) is 0 Å². The van der Waals surface area contributed by atoms with E-state index in [1.165, 1.54) is 0 Å². The molecule has 4 nitrogen and oxygen atoms in total. The molecule has 1 atom stereocenters. The third-order valence-electron chi connectivity index (χ3n) is 3.28. The lowest BCUT2D eigenvalue weighted by Crippen LogP contribution is -2.44. The predicted molar refractivity (Wildman–Crippen MR) is 48.8 cm³/mol. The smallest absolute Gasteiger partial charge is 0.309 e. The first-order valence-electron chi connectivity index (χ1n) is 5.08. The van der Waals surface area contributed by atoms with Crippen LogP contribution >= 0.6 is 0 Å². The zero-order valence-electron chi connectivity index (χ0n) is 8.41. The van der Waals surface area contributed by atoms with E-state index in [0.29, 0.717) is 19.6 Å². The molecule has 1 N–H and O–H groups in total. The van der Waals surface area contributed by atoms with Crippen LogP contribution in [0.3, 0.4) is 0 Å². The Morgan fingerprint density at radius 3 is 2.50 bits per heavy atom. The monoisotopic (exact) mass is 200 g/mol. The second-order valence-corrected chi connectivity index (χ2v) is 4.50.